The highest BCUT2D eigenvalue weighted by Gasteiger charge is 2.64. The van der Waals surface area contributed by atoms with Crippen molar-refractivity contribution in [2.75, 3.05) is 13.2 Å². The van der Waals surface area contributed by atoms with Crippen molar-refractivity contribution >= 4 is 11.6 Å². The van der Waals surface area contributed by atoms with E-state index in [4.69, 9.17) is 17.3 Å². The number of aliphatic hydroxyl groups is 1. The highest BCUT2D eigenvalue weighted by molar-refractivity contribution is 6.31. The molecule has 88 valence electrons. The van der Waals surface area contributed by atoms with Gasteiger partial charge in [-0.1, -0.05) is 24.6 Å². The molecule has 3 N–H and O–H groups in total. The van der Waals surface area contributed by atoms with Gasteiger partial charge in [-0.25, -0.2) is 4.39 Å². The van der Waals surface area contributed by atoms with Crippen LogP contribution >= 0.6 is 11.6 Å². The Morgan fingerprint density at radius 1 is 1.56 bits per heavy atom. The smallest absolute Gasteiger partial charge is 0.124 e. The molecule has 4 heteroatoms. The number of aliphatic hydroxyl groups excluding tert-OH is 1. The molecule has 1 aliphatic rings. The molecule has 1 fully saturated rings. The molecular formula is C12H15ClFNO. The summed E-state index contributed by atoms with van der Waals surface area (Å²) < 4.78 is 13.0. The third-order valence-electron chi connectivity index (χ3n) is 3.96. The Labute approximate surface area is 99.2 Å². The summed E-state index contributed by atoms with van der Waals surface area (Å²) in [6.45, 7) is 2.45. The lowest BCUT2D eigenvalue weighted by atomic mass is 9.88. The van der Waals surface area contributed by atoms with Crippen LogP contribution < -0.4 is 5.73 Å². The van der Waals surface area contributed by atoms with Gasteiger partial charge >= 0.3 is 0 Å². The zero-order chi connectivity index (χ0) is 12.0. The first-order valence-corrected chi connectivity index (χ1v) is 5.63. The van der Waals surface area contributed by atoms with E-state index in [9.17, 15) is 9.50 Å². The first kappa shape index (κ1) is 11.8. The van der Waals surface area contributed by atoms with Crippen molar-refractivity contribution in [2.24, 2.45) is 11.1 Å². The predicted molar refractivity (Wildman–Crippen MR) is 62.0 cm³/mol. The molecule has 1 aromatic carbocycles. The summed E-state index contributed by atoms with van der Waals surface area (Å²) in [5.74, 6) is -0.347. The molecule has 1 saturated carbocycles. The van der Waals surface area contributed by atoms with E-state index in [2.05, 4.69) is 0 Å². The normalized spacial score (nSPS) is 32.8. The van der Waals surface area contributed by atoms with Crippen LogP contribution in [0.3, 0.4) is 0 Å². The lowest BCUT2D eigenvalue weighted by molar-refractivity contribution is 0.198. The Morgan fingerprint density at radius 2 is 2.25 bits per heavy atom. The first-order chi connectivity index (χ1) is 7.49. The molecule has 0 saturated heterocycles. The molecule has 2 nitrogen and oxygen atoms in total. The SMILES string of the molecule is CC1(c2ccc(F)cc2Cl)CC1(CN)CO. The van der Waals surface area contributed by atoms with E-state index in [-0.39, 0.29) is 23.3 Å². The number of rotatable bonds is 3. The van der Waals surface area contributed by atoms with Gasteiger partial charge in [-0.3, -0.25) is 0 Å². The average molecular weight is 244 g/mol. The Balaban J connectivity index is 2.40. The summed E-state index contributed by atoms with van der Waals surface area (Å²) in [5.41, 5.74) is 6.03. The van der Waals surface area contributed by atoms with Crippen molar-refractivity contribution in [3.8, 4) is 0 Å². The Hall–Kier alpha value is -0.640. The Kier molecular flexibility index (Phi) is 2.73. The van der Waals surface area contributed by atoms with Crippen molar-refractivity contribution in [2.45, 2.75) is 18.8 Å². The van der Waals surface area contributed by atoms with Crippen LogP contribution in [0, 0.1) is 11.2 Å². The van der Waals surface area contributed by atoms with E-state index in [1.807, 2.05) is 6.92 Å². The van der Waals surface area contributed by atoms with Crippen molar-refractivity contribution in [3.05, 3.63) is 34.6 Å². The number of hydrogen-bond acceptors (Lipinski definition) is 2. The van der Waals surface area contributed by atoms with E-state index < -0.39 is 0 Å². The number of hydrogen-bond donors (Lipinski definition) is 2. The van der Waals surface area contributed by atoms with Gasteiger partial charge in [0, 0.05) is 22.4 Å². The molecule has 0 heterocycles. The molecule has 0 aliphatic heterocycles. The maximum atomic E-state index is 13.0. The van der Waals surface area contributed by atoms with Gasteiger partial charge in [0.1, 0.15) is 5.82 Å². The summed E-state index contributed by atoms with van der Waals surface area (Å²) in [6.07, 6.45) is 0.790. The molecule has 2 unspecified atom stereocenters. The lowest BCUT2D eigenvalue weighted by Crippen LogP contribution is -2.28. The largest absolute Gasteiger partial charge is 0.396 e. The Bertz CT molecular complexity index is 419. The van der Waals surface area contributed by atoms with E-state index in [1.54, 1.807) is 6.07 Å². The first-order valence-electron chi connectivity index (χ1n) is 5.25. The highest BCUT2D eigenvalue weighted by Crippen LogP contribution is 2.64. The zero-order valence-corrected chi connectivity index (χ0v) is 9.89. The van der Waals surface area contributed by atoms with Crippen LogP contribution in [0.15, 0.2) is 18.2 Å². The van der Waals surface area contributed by atoms with Gasteiger partial charge in [-0.2, -0.15) is 0 Å². The maximum Gasteiger partial charge on any atom is 0.124 e. The summed E-state index contributed by atoms with van der Waals surface area (Å²) in [6, 6.07) is 4.38. The van der Waals surface area contributed by atoms with E-state index in [1.165, 1.54) is 12.1 Å². The minimum atomic E-state index is -0.347. The minimum Gasteiger partial charge on any atom is -0.396 e. The molecule has 0 bridgehead atoms. The van der Waals surface area contributed by atoms with E-state index in [0.29, 0.717) is 11.6 Å². The summed E-state index contributed by atoms with van der Waals surface area (Å²) in [5, 5.41) is 9.81. The van der Waals surface area contributed by atoms with Gasteiger partial charge in [-0.15, -0.1) is 0 Å². The van der Waals surface area contributed by atoms with Crippen molar-refractivity contribution in [3.63, 3.8) is 0 Å². The third-order valence-corrected chi connectivity index (χ3v) is 4.27. The van der Waals surface area contributed by atoms with Gasteiger partial charge in [0.05, 0.1) is 6.61 Å². The van der Waals surface area contributed by atoms with Gasteiger partial charge in [-0.05, 0) is 24.1 Å². The quantitative estimate of drug-likeness (QED) is 0.854. The Morgan fingerprint density at radius 3 is 2.69 bits per heavy atom. The second kappa shape index (κ2) is 3.69. The number of benzene rings is 1. The topological polar surface area (TPSA) is 46.2 Å². The standard InChI is InChI=1S/C12H15ClFNO/c1-11(5-12(11,6-15)7-16)9-3-2-8(14)4-10(9)13/h2-4,16H,5-7,15H2,1H3. The minimum absolute atomic E-state index is 0.0354. The lowest BCUT2D eigenvalue weighted by Gasteiger charge is -2.20. The monoisotopic (exact) mass is 243 g/mol. The van der Waals surface area contributed by atoms with Gasteiger partial charge in [0.25, 0.3) is 0 Å². The second-order valence-electron chi connectivity index (χ2n) is 4.78. The predicted octanol–water partition coefficient (Wildman–Crippen LogP) is 2.08. The molecule has 0 aromatic heterocycles. The molecule has 0 spiro atoms. The fraction of sp³-hybridized carbons (Fsp3) is 0.500. The van der Waals surface area contributed by atoms with Crippen LogP contribution in [-0.4, -0.2) is 18.3 Å². The van der Waals surface area contributed by atoms with Crippen molar-refractivity contribution in [1.29, 1.82) is 0 Å². The van der Waals surface area contributed by atoms with Crippen LogP contribution in [0.5, 0.6) is 0 Å². The third kappa shape index (κ3) is 1.46. The van der Waals surface area contributed by atoms with Crippen LogP contribution in [0.2, 0.25) is 5.02 Å². The average Bonchev–Trinajstić information content (AvgIpc) is 2.85. The second-order valence-corrected chi connectivity index (χ2v) is 5.18. The van der Waals surface area contributed by atoms with Crippen LogP contribution in [0.1, 0.15) is 18.9 Å². The molecule has 0 amide bonds. The molecule has 0 radical (unpaired) electrons. The van der Waals surface area contributed by atoms with Crippen LogP contribution in [0.25, 0.3) is 0 Å². The molecule has 1 aromatic rings. The van der Waals surface area contributed by atoms with Gasteiger partial charge < -0.3 is 10.8 Å². The molecule has 2 atom stereocenters. The fourth-order valence-corrected chi connectivity index (χ4v) is 2.92. The van der Waals surface area contributed by atoms with Gasteiger partial charge in [0.2, 0.25) is 0 Å². The molecular weight excluding hydrogens is 229 g/mol. The number of halogens is 2. The fourth-order valence-electron chi connectivity index (χ4n) is 2.54. The van der Waals surface area contributed by atoms with E-state index in [0.717, 1.165) is 12.0 Å². The summed E-state index contributed by atoms with van der Waals surface area (Å²) in [7, 11) is 0. The highest BCUT2D eigenvalue weighted by atomic mass is 35.5. The van der Waals surface area contributed by atoms with Crippen molar-refractivity contribution < 1.29 is 9.50 Å². The summed E-state index contributed by atoms with van der Waals surface area (Å²) >= 11 is 6.03. The van der Waals surface area contributed by atoms with Crippen LogP contribution in [0.4, 0.5) is 4.39 Å². The molecule has 1 aliphatic carbocycles. The van der Waals surface area contributed by atoms with Crippen molar-refractivity contribution in [1.82, 2.24) is 0 Å². The number of nitrogens with two attached hydrogens (primary N) is 1. The molecule has 16 heavy (non-hydrogen) atoms. The molecule has 2 rings (SSSR count). The zero-order valence-electron chi connectivity index (χ0n) is 9.13. The maximum absolute atomic E-state index is 13.0. The van der Waals surface area contributed by atoms with Crippen LogP contribution in [-0.2, 0) is 5.41 Å². The van der Waals surface area contributed by atoms with E-state index >= 15 is 0 Å². The summed E-state index contributed by atoms with van der Waals surface area (Å²) in [4.78, 5) is 0. The van der Waals surface area contributed by atoms with Gasteiger partial charge in [0.15, 0.2) is 0 Å².